The van der Waals surface area contributed by atoms with Gasteiger partial charge in [-0.2, -0.15) is 13.2 Å². The van der Waals surface area contributed by atoms with Crippen LogP contribution < -0.4 is 5.32 Å². The Labute approximate surface area is 133 Å². The van der Waals surface area contributed by atoms with E-state index in [-0.39, 0.29) is 6.04 Å². The summed E-state index contributed by atoms with van der Waals surface area (Å²) in [5.41, 5.74) is 3.02. The topological polar surface area (TPSA) is 24.9 Å². The Bertz CT molecular complexity index is 629. The zero-order valence-electron chi connectivity index (χ0n) is 11.7. The van der Waals surface area contributed by atoms with Gasteiger partial charge in [-0.05, 0) is 37.6 Å². The van der Waals surface area contributed by atoms with Crippen LogP contribution in [0.3, 0.4) is 0 Å². The molecule has 114 valence electrons. The predicted octanol–water partition coefficient (Wildman–Crippen LogP) is 4.85. The van der Waals surface area contributed by atoms with Crippen molar-refractivity contribution in [2.24, 2.45) is 0 Å². The second-order valence-corrected chi connectivity index (χ2v) is 6.61. The summed E-state index contributed by atoms with van der Waals surface area (Å²) < 4.78 is 39.0. The smallest absolute Gasteiger partial charge is 0.309 e. The molecule has 0 bridgehead atoms. The molecule has 0 aliphatic heterocycles. The molecule has 0 radical (unpaired) electrons. The number of thiazole rings is 1. The molecule has 2 aromatic rings. The van der Waals surface area contributed by atoms with E-state index < -0.39 is 11.2 Å². The first-order valence-electron chi connectivity index (χ1n) is 6.21. The normalized spacial score (nSPS) is 13.5. The number of rotatable bonds is 3. The van der Waals surface area contributed by atoms with Crippen molar-refractivity contribution in [3.8, 4) is 0 Å². The minimum Gasteiger partial charge on any atom is -0.309 e. The summed E-state index contributed by atoms with van der Waals surface area (Å²) >= 11 is 4.16. The van der Waals surface area contributed by atoms with Gasteiger partial charge in [0.2, 0.25) is 0 Å². The third kappa shape index (κ3) is 3.46. The Morgan fingerprint density at radius 1 is 1.24 bits per heavy atom. The van der Waals surface area contributed by atoms with Crippen LogP contribution >= 0.6 is 27.3 Å². The average Bonchev–Trinajstić information content (AvgIpc) is 2.86. The molecule has 7 heteroatoms. The second-order valence-electron chi connectivity index (χ2n) is 4.76. The molecule has 2 rings (SSSR count). The maximum Gasteiger partial charge on any atom is 0.443 e. The number of nitrogens with zero attached hydrogens (tertiary/aromatic N) is 1. The number of nitrogens with one attached hydrogen (secondary N) is 1. The average molecular weight is 379 g/mol. The number of hydrogen-bond acceptors (Lipinski definition) is 3. The van der Waals surface area contributed by atoms with Gasteiger partial charge >= 0.3 is 6.18 Å². The van der Waals surface area contributed by atoms with Gasteiger partial charge in [0, 0.05) is 15.5 Å². The van der Waals surface area contributed by atoms with Crippen LogP contribution in [-0.2, 0) is 6.18 Å². The van der Waals surface area contributed by atoms with Crippen molar-refractivity contribution in [2.75, 3.05) is 7.05 Å². The van der Waals surface area contributed by atoms with Crippen LogP contribution in [0, 0.1) is 13.8 Å². The summed E-state index contributed by atoms with van der Waals surface area (Å²) in [6.45, 7) is 3.92. The number of aromatic nitrogens is 1. The Hall–Kier alpha value is -0.920. The van der Waals surface area contributed by atoms with Gasteiger partial charge in [0.15, 0.2) is 5.01 Å². The lowest BCUT2D eigenvalue weighted by atomic mass is 10.0. The molecule has 0 amide bonds. The van der Waals surface area contributed by atoms with E-state index in [0.29, 0.717) is 16.2 Å². The highest BCUT2D eigenvalue weighted by Crippen LogP contribution is 2.36. The van der Waals surface area contributed by atoms with Crippen LogP contribution in [0.1, 0.15) is 32.6 Å². The molecule has 0 saturated heterocycles. The number of hydrogen-bond donors (Lipinski definition) is 1. The first kappa shape index (κ1) is 16.5. The van der Waals surface area contributed by atoms with E-state index in [1.807, 2.05) is 26.0 Å². The fourth-order valence-corrected chi connectivity index (χ4v) is 3.32. The monoisotopic (exact) mass is 378 g/mol. The summed E-state index contributed by atoms with van der Waals surface area (Å²) in [6, 6.07) is 3.63. The van der Waals surface area contributed by atoms with E-state index in [1.54, 1.807) is 7.05 Å². The molecule has 0 spiro atoms. The van der Waals surface area contributed by atoms with Crippen molar-refractivity contribution in [1.82, 2.24) is 10.3 Å². The van der Waals surface area contributed by atoms with E-state index in [1.165, 1.54) is 6.20 Å². The number of alkyl halides is 3. The van der Waals surface area contributed by atoms with E-state index >= 15 is 0 Å². The first-order valence-corrected chi connectivity index (χ1v) is 7.81. The Kier molecular flexibility index (Phi) is 4.75. The molecule has 1 heterocycles. The third-order valence-corrected chi connectivity index (χ3v) is 5.49. The maximum atomic E-state index is 12.7. The van der Waals surface area contributed by atoms with Gasteiger partial charge in [0.25, 0.3) is 0 Å². The summed E-state index contributed by atoms with van der Waals surface area (Å²) in [5.74, 6) is 0. The summed E-state index contributed by atoms with van der Waals surface area (Å²) in [4.78, 5) is 4.04. The van der Waals surface area contributed by atoms with Gasteiger partial charge in [0.05, 0.1) is 6.04 Å². The molecule has 2 nitrogen and oxygen atoms in total. The predicted molar refractivity (Wildman–Crippen MR) is 81.6 cm³/mol. The first-order chi connectivity index (χ1) is 9.74. The van der Waals surface area contributed by atoms with Crippen molar-refractivity contribution in [3.05, 3.63) is 49.4 Å². The lowest BCUT2D eigenvalue weighted by molar-refractivity contribution is -0.137. The van der Waals surface area contributed by atoms with Crippen LogP contribution in [0.4, 0.5) is 13.2 Å². The molecule has 1 aromatic heterocycles. The van der Waals surface area contributed by atoms with Gasteiger partial charge in [-0.25, -0.2) is 4.98 Å². The highest BCUT2D eigenvalue weighted by Gasteiger charge is 2.35. The van der Waals surface area contributed by atoms with Crippen LogP contribution in [-0.4, -0.2) is 12.0 Å². The number of benzene rings is 1. The SMILES string of the molecule is CNC(c1cc(C)c(Br)c(C)c1)c1cnc(C(F)(F)F)s1. The summed E-state index contributed by atoms with van der Waals surface area (Å²) in [7, 11) is 1.73. The summed E-state index contributed by atoms with van der Waals surface area (Å²) in [6.07, 6.45) is -3.10. The minimum absolute atomic E-state index is 0.302. The molecule has 0 aliphatic rings. The summed E-state index contributed by atoms with van der Waals surface area (Å²) in [5, 5.41) is 2.24. The van der Waals surface area contributed by atoms with Gasteiger partial charge in [-0.3, -0.25) is 0 Å². The molecule has 0 aliphatic carbocycles. The third-order valence-electron chi connectivity index (χ3n) is 3.13. The van der Waals surface area contributed by atoms with Gasteiger partial charge in [0.1, 0.15) is 0 Å². The van der Waals surface area contributed by atoms with Gasteiger partial charge in [-0.1, -0.05) is 28.1 Å². The Balaban J connectivity index is 2.43. The minimum atomic E-state index is -4.40. The molecule has 21 heavy (non-hydrogen) atoms. The molecule has 1 N–H and O–H groups in total. The lowest BCUT2D eigenvalue weighted by Crippen LogP contribution is -2.17. The standard InChI is InChI=1S/C14H14BrF3N2S/c1-7-4-9(5-8(2)11(7)15)12(19-3)10-6-20-13(21-10)14(16,17)18/h4-6,12,19H,1-3H3. The highest BCUT2D eigenvalue weighted by molar-refractivity contribution is 9.10. The van der Waals surface area contributed by atoms with Gasteiger partial charge in [-0.15, -0.1) is 11.3 Å². The molecular weight excluding hydrogens is 365 g/mol. The molecule has 1 aromatic carbocycles. The molecule has 1 atom stereocenters. The maximum absolute atomic E-state index is 12.7. The molecular formula is C14H14BrF3N2S. The van der Waals surface area contributed by atoms with E-state index in [9.17, 15) is 13.2 Å². The van der Waals surface area contributed by atoms with Crippen LogP contribution in [0.15, 0.2) is 22.8 Å². The van der Waals surface area contributed by atoms with Crippen molar-refractivity contribution < 1.29 is 13.2 Å². The zero-order valence-corrected chi connectivity index (χ0v) is 14.1. The van der Waals surface area contributed by atoms with Crippen LogP contribution in [0.5, 0.6) is 0 Å². The lowest BCUT2D eigenvalue weighted by Gasteiger charge is -2.17. The van der Waals surface area contributed by atoms with Crippen molar-refractivity contribution >= 4 is 27.3 Å². The van der Waals surface area contributed by atoms with E-state index in [2.05, 4.69) is 26.2 Å². The van der Waals surface area contributed by atoms with Gasteiger partial charge < -0.3 is 5.32 Å². The number of halogens is 4. The fraction of sp³-hybridized carbons (Fsp3) is 0.357. The van der Waals surface area contributed by atoms with Crippen LogP contribution in [0.25, 0.3) is 0 Å². The van der Waals surface area contributed by atoms with Crippen molar-refractivity contribution in [1.29, 1.82) is 0 Å². The largest absolute Gasteiger partial charge is 0.443 e. The van der Waals surface area contributed by atoms with E-state index in [4.69, 9.17) is 0 Å². The van der Waals surface area contributed by atoms with E-state index in [0.717, 1.165) is 21.2 Å². The molecule has 1 unspecified atom stereocenters. The number of aryl methyl sites for hydroxylation is 2. The Morgan fingerprint density at radius 3 is 2.24 bits per heavy atom. The van der Waals surface area contributed by atoms with Crippen LogP contribution in [0.2, 0.25) is 0 Å². The Morgan fingerprint density at radius 2 is 1.81 bits per heavy atom. The molecule has 0 saturated carbocycles. The van der Waals surface area contributed by atoms with Crippen molar-refractivity contribution in [2.45, 2.75) is 26.1 Å². The second kappa shape index (κ2) is 6.06. The molecule has 0 fully saturated rings. The fourth-order valence-electron chi connectivity index (χ4n) is 2.17. The zero-order chi connectivity index (χ0) is 15.8. The quantitative estimate of drug-likeness (QED) is 0.825. The van der Waals surface area contributed by atoms with Crippen molar-refractivity contribution in [3.63, 3.8) is 0 Å². The highest BCUT2D eigenvalue weighted by atomic mass is 79.9.